The Labute approximate surface area is 219 Å². The van der Waals surface area contributed by atoms with Crippen LogP contribution in [0, 0.1) is 12.4 Å². The van der Waals surface area contributed by atoms with Gasteiger partial charge in [0.05, 0.1) is 18.7 Å². The van der Waals surface area contributed by atoms with Crippen molar-refractivity contribution in [1.29, 1.82) is 0 Å². The molecule has 1 aliphatic rings. The van der Waals surface area contributed by atoms with Crippen molar-refractivity contribution in [3.63, 3.8) is 0 Å². The number of alkyl halides is 3. The lowest BCUT2D eigenvalue weighted by Gasteiger charge is -2.29. The number of nitrogens with one attached hydrogen (secondary N) is 1. The molecule has 2 aromatic rings. The Hall–Kier alpha value is -3.23. The normalized spacial score (nSPS) is 15.5. The number of ether oxygens (including phenoxy) is 1. The molecule has 37 heavy (non-hydrogen) atoms. The van der Waals surface area contributed by atoms with Crippen LogP contribution >= 0.6 is 12.2 Å². The third-order valence-corrected chi connectivity index (χ3v) is 6.38. The summed E-state index contributed by atoms with van der Waals surface area (Å²) in [6, 6.07) is 8.09. The number of hydrogen-bond acceptors (Lipinski definition) is 4. The highest BCUT2D eigenvalue weighted by Gasteiger charge is 2.49. The number of anilines is 1. The van der Waals surface area contributed by atoms with E-state index in [4.69, 9.17) is 23.5 Å². The molecule has 198 valence electrons. The van der Waals surface area contributed by atoms with Crippen molar-refractivity contribution in [2.45, 2.75) is 58.4 Å². The summed E-state index contributed by atoms with van der Waals surface area (Å²) < 4.78 is 60.4. The smallest absolute Gasteiger partial charge is 0.407 e. The van der Waals surface area contributed by atoms with Gasteiger partial charge in [-0.15, -0.1) is 0 Å². The van der Waals surface area contributed by atoms with Gasteiger partial charge in [-0.05, 0) is 62.3 Å². The van der Waals surface area contributed by atoms with Gasteiger partial charge in [-0.1, -0.05) is 26.0 Å². The Morgan fingerprint density at radius 1 is 1.19 bits per heavy atom. The van der Waals surface area contributed by atoms with Gasteiger partial charge in [0, 0.05) is 24.8 Å². The van der Waals surface area contributed by atoms with Crippen molar-refractivity contribution in [2.75, 3.05) is 18.1 Å². The van der Waals surface area contributed by atoms with Gasteiger partial charge in [-0.25, -0.2) is 9.24 Å². The molecule has 11 heteroatoms. The molecule has 0 spiro atoms. The average molecular weight is 537 g/mol. The highest BCUT2D eigenvalue weighted by Crippen LogP contribution is 2.40. The molecule has 0 saturated carbocycles. The molecule has 1 heterocycles. The molecule has 1 saturated heterocycles. The summed E-state index contributed by atoms with van der Waals surface area (Å²) in [6.45, 7) is 15.2. The molecule has 0 radical (unpaired) electrons. The quantitative estimate of drug-likeness (QED) is 0.182. The summed E-state index contributed by atoms with van der Waals surface area (Å²) in [7, 11) is 0. The second-order valence-corrected chi connectivity index (χ2v) is 9.81. The first kappa shape index (κ1) is 28.3. The molecule has 0 unspecified atom stereocenters. The summed E-state index contributed by atoms with van der Waals surface area (Å²) in [5.41, 5.74) is -2.08. The van der Waals surface area contributed by atoms with Crippen LogP contribution in [0.4, 0.5) is 28.9 Å². The monoisotopic (exact) mass is 536 g/mol. The Bertz CT molecular complexity index is 1220. The summed E-state index contributed by atoms with van der Waals surface area (Å²) in [6.07, 6.45) is -4.38. The second kappa shape index (κ2) is 11.0. The van der Waals surface area contributed by atoms with Crippen molar-refractivity contribution >= 4 is 34.6 Å². The molecular weight excluding hydrogens is 508 g/mol. The lowest BCUT2D eigenvalue weighted by atomic mass is 10.0. The molecule has 0 aliphatic carbocycles. The number of nitrogens with zero attached hydrogens (tertiary/aromatic N) is 3. The summed E-state index contributed by atoms with van der Waals surface area (Å²) in [4.78, 5) is 18.8. The molecule has 0 bridgehead atoms. The zero-order valence-corrected chi connectivity index (χ0v) is 21.8. The predicted octanol–water partition coefficient (Wildman–Crippen LogP) is 6.07. The minimum Gasteiger partial charge on any atom is -0.490 e. The molecule has 1 fully saturated rings. The van der Waals surface area contributed by atoms with E-state index in [9.17, 15) is 22.4 Å². The maximum absolute atomic E-state index is 14.4. The number of benzene rings is 2. The molecule has 1 aliphatic heterocycles. The SMILES string of the molecule is [C-]#[N+]c1ccc(N2C(=O)C(C)(C)N(CCCOc3ccc(CNC(C)C)cc3F)C2=S)cc1C(F)(F)F. The highest BCUT2D eigenvalue weighted by molar-refractivity contribution is 7.80. The van der Waals surface area contributed by atoms with Crippen LogP contribution < -0.4 is 15.0 Å². The van der Waals surface area contributed by atoms with Crippen molar-refractivity contribution in [3.8, 4) is 5.75 Å². The van der Waals surface area contributed by atoms with E-state index < -0.39 is 34.7 Å². The topological polar surface area (TPSA) is 49.2 Å². The van der Waals surface area contributed by atoms with Crippen LogP contribution in [-0.2, 0) is 17.5 Å². The van der Waals surface area contributed by atoms with Crippen LogP contribution in [0.3, 0.4) is 0 Å². The Morgan fingerprint density at radius 3 is 2.49 bits per heavy atom. The first-order valence-electron chi connectivity index (χ1n) is 11.7. The minimum absolute atomic E-state index is 0.0480. The molecule has 3 rings (SSSR count). The summed E-state index contributed by atoms with van der Waals surface area (Å²) in [5, 5.41) is 3.26. The molecule has 1 amide bonds. The third kappa shape index (κ3) is 6.19. The molecule has 0 aromatic heterocycles. The maximum atomic E-state index is 14.4. The average Bonchev–Trinajstić information content (AvgIpc) is 2.99. The number of carbonyl (C=O) groups excluding carboxylic acids is 1. The maximum Gasteiger partial charge on any atom is 0.407 e. The molecule has 6 nitrogen and oxygen atoms in total. The zero-order valence-electron chi connectivity index (χ0n) is 20.9. The van der Waals surface area contributed by atoms with Crippen molar-refractivity contribution < 1.29 is 27.1 Å². The lowest BCUT2D eigenvalue weighted by Crippen LogP contribution is -2.44. The number of thiocarbonyl (C=S) groups is 1. The van der Waals surface area contributed by atoms with Crippen LogP contribution in [0.2, 0.25) is 0 Å². The summed E-state index contributed by atoms with van der Waals surface area (Å²) in [5.74, 6) is -0.864. The van der Waals surface area contributed by atoms with Crippen molar-refractivity contribution in [1.82, 2.24) is 10.2 Å². The van der Waals surface area contributed by atoms with Crippen LogP contribution in [0.1, 0.15) is 45.2 Å². The minimum atomic E-state index is -4.76. The second-order valence-electron chi connectivity index (χ2n) is 9.45. The van der Waals surface area contributed by atoms with E-state index in [0.717, 1.165) is 22.6 Å². The Kier molecular flexibility index (Phi) is 8.45. The van der Waals surface area contributed by atoms with Crippen LogP contribution in [-0.4, -0.2) is 40.7 Å². The van der Waals surface area contributed by atoms with Crippen LogP contribution in [0.25, 0.3) is 4.85 Å². The van der Waals surface area contributed by atoms with Crippen LogP contribution in [0.5, 0.6) is 5.75 Å². The molecule has 1 N–H and O–H groups in total. The Morgan fingerprint density at radius 2 is 1.89 bits per heavy atom. The fourth-order valence-corrected chi connectivity index (χ4v) is 4.43. The van der Waals surface area contributed by atoms with Crippen LogP contribution in [0.15, 0.2) is 36.4 Å². The highest BCUT2D eigenvalue weighted by atomic mass is 32.1. The number of carbonyl (C=O) groups is 1. The van der Waals surface area contributed by atoms with Gasteiger partial charge in [0.15, 0.2) is 22.4 Å². The van der Waals surface area contributed by atoms with Crippen molar-refractivity contribution in [2.24, 2.45) is 0 Å². The lowest BCUT2D eigenvalue weighted by molar-refractivity contribution is -0.136. The van der Waals surface area contributed by atoms with Gasteiger partial charge < -0.3 is 15.0 Å². The molecule has 0 atom stereocenters. The van der Waals surface area contributed by atoms with Gasteiger partial charge >= 0.3 is 6.18 Å². The van der Waals surface area contributed by atoms with E-state index in [2.05, 4.69) is 10.2 Å². The van der Waals surface area contributed by atoms with E-state index in [0.29, 0.717) is 13.0 Å². The van der Waals surface area contributed by atoms with E-state index in [-0.39, 0.29) is 35.7 Å². The predicted molar refractivity (Wildman–Crippen MR) is 137 cm³/mol. The fraction of sp³-hybridized carbons (Fsp3) is 0.423. The number of rotatable bonds is 9. The first-order valence-corrected chi connectivity index (χ1v) is 12.1. The number of hydrogen-bond donors (Lipinski definition) is 1. The van der Waals surface area contributed by atoms with Gasteiger partial charge in [-0.3, -0.25) is 9.69 Å². The van der Waals surface area contributed by atoms with E-state index in [1.807, 2.05) is 13.8 Å². The summed E-state index contributed by atoms with van der Waals surface area (Å²) >= 11 is 5.47. The van der Waals surface area contributed by atoms with E-state index in [1.54, 1.807) is 30.9 Å². The van der Waals surface area contributed by atoms with E-state index in [1.165, 1.54) is 12.1 Å². The van der Waals surface area contributed by atoms with E-state index >= 15 is 0 Å². The van der Waals surface area contributed by atoms with Crippen molar-refractivity contribution in [3.05, 3.63) is 64.8 Å². The van der Waals surface area contributed by atoms with Gasteiger partial charge in [-0.2, -0.15) is 13.2 Å². The fourth-order valence-electron chi connectivity index (χ4n) is 3.92. The molecule has 2 aromatic carbocycles. The largest absolute Gasteiger partial charge is 0.490 e. The zero-order chi connectivity index (χ0) is 27.5. The third-order valence-electron chi connectivity index (χ3n) is 5.98. The van der Waals surface area contributed by atoms with Gasteiger partial charge in [0.25, 0.3) is 5.91 Å². The first-order chi connectivity index (χ1) is 17.3. The standard InChI is InChI=1S/C26H28F4N4O2S/c1-16(2)32-15-17-7-10-22(20(27)13-17)36-12-6-11-33-24(37)34(23(35)25(33,3)4)18-8-9-21(31-5)19(14-18)26(28,29)30/h7-10,13-14,16,32H,6,11-12,15H2,1-4H3. The van der Waals surface area contributed by atoms with Gasteiger partial charge in [0.2, 0.25) is 0 Å². The number of amides is 1. The molecular formula is C26H28F4N4O2S. The van der Waals surface area contributed by atoms with Gasteiger partial charge in [0.1, 0.15) is 5.54 Å². The number of halogens is 4. The Balaban J connectivity index is 1.68.